The van der Waals surface area contributed by atoms with Crippen molar-refractivity contribution in [2.24, 2.45) is 0 Å². The van der Waals surface area contributed by atoms with Crippen molar-refractivity contribution < 1.29 is 9.72 Å². The topological polar surface area (TPSA) is 72.2 Å². The zero-order valence-electron chi connectivity index (χ0n) is 11.7. The Labute approximate surface area is 132 Å². The van der Waals surface area contributed by atoms with Gasteiger partial charge < -0.3 is 5.32 Å². The lowest BCUT2D eigenvalue weighted by molar-refractivity contribution is -0.384. The third kappa shape index (κ3) is 4.11. The third-order valence-electron chi connectivity index (χ3n) is 3.70. The van der Waals surface area contributed by atoms with Crippen molar-refractivity contribution in [3.8, 4) is 0 Å². The highest BCUT2D eigenvalue weighted by molar-refractivity contribution is 7.99. The van der Waals surface area contributed by atoms with Crippen LogP contribution in [-0.4, -0.2) is 28.4 Å². The molecule has 1 aromatic rings. The molecule has 5 nitrogen and oxygen atoms in total. The van der Waals surface area contributed by atoms with E-state index in [1.807, 2.05) is 11.8 Å². The van der Waals surface area contributed by atoms with Gasteiger partial charge in [0.15, 0.2) is 0 Å². The number of carbonyl (C=O) groups is 1. The number of rotatable bonds is 4. The van der Waals surface area contributed by atoms with Crippen LogP contribution in [0.15, 0.2) is 18.2 Å². The molecule has 1 aliphatic rings. The Morgan fingerprint density at radius 1 is 1.48 bits per heavy atom. The molecular weight excluding hydrogens is 312 g/mol. The first-order valence-electron chi connectivity index (χ1n) is 6.79. The molecule has 1 amide bonds. The number of benzene rings is 1. The molecule has 1 N–H and O–H groups in total. The highest BCUT2D eigenvalue weighted by Crippen LogP contribution is 2.28. The second kappa shape index (κ2) is 7.13. The van der Waals surface area contributed by atoms with Gasteiger partial charge in [0, 0.05) is 22.9 Å². The second-order valence-corrected chi connectivity index (χ2v) is 6.66. The van der Waals surface area contributed by atoms with Crippen molar-refractivity contribution in [2.45, 2.75) is 37.0 Å². The number of carbonyl (C=O) groups excluding carboxylic acids is 1. The van der Waals surface area contributed by atoms with Gasteiger partial charge in [0.2, 0.25) is 0 Å². The van der Waals surface area contributed by atoms with E-state index in [9.17, 15) is 14.9 Å². The van der Waals surface area contributed by atoms with Crippen LogP contribution in [0.25, 0.3) is 0 Å². The highest BCUT2D eigenvalue weighted by Gasteiger charge is 2.23. The Morgan fingerprint density at radius 2 is 2.24 bits per heavy atom. The number of nitrogens with one attached hydrogen (secondary N) is 1. The minimum absolute atomic E-state index is 0.0155. The fourth-order valence-electron chi connectivity index (χ4n) is 2.56. The Kier molecular flexibility index (Phi) is 5.47. The maximum atomic E-state index is 12.2. The Hall–Kier alpha value is -1.27. The standard InChI is InChI=1S/C14H17ClN2O3S/c1-21-11-4-2-3-10(8-11)16-14(18)9-5-6-13(17(19)20)12(15)7-9/h5-7,10-11H,2-4,8H2,1H3,(H,16,18). The van der Waals surface area contributed by atoms with Gasteiger partial charge in [-0.15, -0.1) is 0 Å². The number of hydrogen-bond donors (Lipinski definition) is 1. The first-order valence-corrected chi connectivity index (χ1v) is 8.45. The number of halogens is 1. The van der Waals surface area contributed by atoms with Gasteiger partial charge in [-0.1, -0.05) is 18.0 Å². The highest BCUT2D eigenvalue weighted by atomic mass is 35.5. The molecule has 21 heavy (non-hydrogen) atoms. The van der Waals surface area contributed by atoms with E-state index in [0.717, 1.165) is 19.3 Å². The van der Waals surface area contributed by atoms with E-state index in [2.05, 4.69) is 11.6 Å². The first kappa shape index (κ1) is 16.1. The molecule has 2 rings (SSSR count). The van der Waals surface area contributed by atoms with E-state index >= 15 is 0 Å². The van der Waals surface area contributed by atoms with Crippen LogP contribution < -0.4 is 5.32 Å². The van der Waals surface area contributed by atoms with Crippen molar-refractivity contribution in [1.29, 1.82) is 0 Å². The molecule has 2 atom stereocenters. The summed E-state index contributed by atoms with van der Waals surface area (Å²) < 4.78 is 0. The van der Waals surface area contributed by atoms with E-state index < -0.39 is 4.92 Å². The molecule has 1 aliphatic carbocycles. The summed E-state index contributed by atoms with van der Waals surface area (Å²) >= 11 is 7.66. The molecule has 2 unspecified atom stereocenters. The number of thioether (sulfide) groups is 1. The summed E-state index contributed by atoms with van der Waals surface area (Å²) in [4.78, 5) is 22.3. The van der Waals surface area contributed by atoms with Gasteiger partial charge in [-0.3, -0.25) is 14.9 Å². The average molecular weight is 329 g/mol. The van der Waals surface area contributed by atoms with Crippen LogP contribution >= 0.6 is 23.4 Å². The Bertz CT molecular complexity index is 553. The van der Waals surface area contributed by atoms with Crippen molar-refractivity contribution in [3.05, 3.63) is 38.9 Å². The quantitative estimate of drug-likeness (QED) is 0.676. The molecule has 1 saturated carbocycles. The van der Waals surface area contributed by atoms with E-state index in [4.69, 9.17) is 11.6 Å². The molecule has 1 aromatic carbocycles. The number of amides is 1. The zero-order chi connectivity index (χ0) is 15.4. The predicted molar refractivity (Wildman–Crippen MR) is 85.1 cm³/mol. The zero-order valence-corrected chi connectivity index (χ0v) is 13.2. The van der Waals surface area contributed by atoms with Crippen LogP contribution in [-0.2, 0) is 0 Å². The fraction of sp³-hybridized carbons (Fsp3) is 0.500. The lowest BCUT2D eigenvalue weighted by atomic mass is 9.94. The van der Waals surface area contributed by atoms with Crippen LogP contribution in [0, 0.1) is 10.1 Å². The summed E-state index contributed by atoms with van der Waals surface area (Å²) in [6, 6.07) is 4.22. The molecule has 0 radical (unpaired) electrons. The van der Waals surface area contributed by atoms with Gasteiger partial charge in [0.25, 0.3) is 11.6 Å². The largest absolute Gasteiger partial charge is 0.349 e. The summed E-state index contributed by atoms with van der Waals surface area (Å²) in [5, 5.41) is 14.3. The molecule has 7 heteroatoms. The molecule has 0 saturated heterocycles. The lowest BCUT2D eigenvalue weighted by Crippen LogP contribution is -2.39. The molecular formula is C14H17ClN2O3S. The SMILES string of the molecule is CSC1CCCC(NC(=O)c2ccc([N+](=O)[O-])c(Cl)c2)C1. The fourth-order valence-corrected chi connectivity index (χ4v) is 3.63. The average Bonchev–Trinajstić information content (AvgIpc) is 2.46. The van der Waals surface area contributed by atoms with Crippen LogP contribution in [0.4, 0.5) is 5.69 Å². The molecule has 114 valence electrons. The molecule has 0 spiro atoms. The summed E-state index contributed by atoms with van der Waals surface area (Å²) in [6.07, 6.45) is 6.33. The minimum atomic E-state index is -0.561. The number of nitro benzene ring substituents is 1. The molecule has 0 heterocycles. The number of nitro groups is 1. The maximum Gasteiger partial charge on any atom is 0.287 e. The van der Waals surface area contributed by atoms with Crippen LogP contribution in [0.1, 0.15) is 36.0 Å². The summed E-state index contributed by atoms with van der Waals surface area (Å²) in [7, 11) is 0. The maximum absolute atomic E-state index is 12.2. The Balaban J connectivity index is 2.03. The number of hydrogen-bond acceptors (Lipinski definition) is 4. The number of nitrogens with zero attached hydrogens (tertiary/aromatic N) is 1. The third-order valence-corrected chi connectivity index (χ3v) is 5.10. The smallest absolute Gasteiger partial charge is 0.287 e. The van der Waals surface area contributed by atoms with Gasteiger partial charge in [-0.05, 0) is 37.7 Å². The Morgan fingerprint density at radius 3 is 2.86 bits per heavy atom. The van der Waals surface area contributed by atoms with Crippen molar-refractivity contribution >= 4 is 35.0 Å². The first-order chi connectivity index (χ1) is 10.0. The van der Waals surface area contributed by atoms with E-state index in [0.29, 0.717) is 10.8 Å². The molecule has 0 bridgehead atoms. The lowest BCUT2D eigenvalue weighted by Gasteiger charge is -2.28. The summed E-state index contributed by atoms with van der Waals surface area (Å²) in [5.41, 5.74) is 0.171. The second-order valence-electron chi connectivity index (χ2n) is 5.12. The van der Waals surface area contributed by atoms with E-state index in [1.54, 1.807) is 0 Å². The van der Waals surface area contributed by atoms with Crippen LogP contribution in [0.5, 0.6) is 0 Å². The molecule has 0 aromatic heterocycles. The normalized spacial score (nSPS) is 21.8. The van der Waals surface area contributed by atoms with Gasteiger partial charge in [0.1, 0.15) is 5.02 Å². The van der Waals surface area contributed by atoms with E-state index in [-0.39, 0.29) is 22.7 Å². The van der Waals surface area contributed by atoms with Gasteiger partial charge in [-0.25, -0.2) is 0 Å². The van der Waals surface area contributed by atoms with Crippen LogP contribution in [0.3, 0.4) is 0 Å². The van der Waals surface area contributed by atoms with E-state index in [1.165, 1.54) is 24.6 Å². The molecule has 0 aliphatic heterocycles. The monoisotopic (exact) mass is 328 g/mol. The van der Waals surface area contributed by atoms with Crippen molar-refractivity contribution in [1.82, 2.24) is 5.32 Å². The summed E-state index contributed by atoms with van der Waals surface area (Å²) in [6.45, 7) is 0. The van der Waals surface area contributed by atoms with Gasteiger partial charge >= 0.3 is 0 Å². The van der Waals surface area contributed by atoms with Gasteiger partial charge in [0.05, 0.1) is 4.92 Å². The minimum Gasteiger partial charge on any atom is -0.349 e. The van der Waals surface area contributed by atoms with Gasteiger partial charge in [-0.2, -0.15) is 11.8 Å². The van der Waals surface area contributed by atoms with Crippen molar-refractivity contribution in [3.63, 3.8) is 0 Å². The summed E-state index contributed by atoms with van der Waals surface area (Å²) in [5.74, 6) is -0.224. The predicted octanol–water partition coefficient (Wildman–Crippen LogP) is 3.65. The molecule has 1 fully saturated rings. The van der Waals surface area contributed by atoms with Crippen LogP contribution in [0.2, 0.25) is 5.02 Å². The van der Waals surface area contributed by atoms with Crippen molar-refractivity contribution in [2.75, 3.05) is 6.26 Å².